The van der Waals surface area contributed by atoms with Gasteiger partial charge in [0.25, 0.3) is 5.91 Å². The summed E-state index contributed by atoms with van der Waals surface area (Å²) >= 11 is 1.40. The summed E-state index contributed by atoms with van der Waals surface area (Å²) in [5.74, 6) is -0.321. The lowest BCUT2D eigenvalue weighted by atomic mass is 10.2. The minimum atomic E-state index is -0.502. The first-order chi connectivity index (χ1) is 18.5. The van der Waals surface area contributed by atoms with E-state index in [4.69, 9.17) is 9.98 Å². The van der Waals surface area contributed by atoms with Gasteiger partial charge >= 0.3 is 5.69 Å². The number of imidazole rings is 1. The molecule has 1 saturated heterocycles. The average molecular weight is 535 g/mol. The second-order valence-corrected chi connectivity index (χ2v) is 10.9. The number of hydrogen-bond acceptors (Lipinski definition) is 8. The lowest BCUT2D eigenvalue weighted by molar-refractivity contribution is 0.0930. The third-order valence-electron chi connectivity index (χ3n) is 7.00. The molecule has 0 bridgehead atoms. The smallest absolute Gasteiger partial charge is 0.326 e. The lowest BCUT2D eigenvalue weighted by Crippen LogP contribution is -2.42. The van der Waals surface area contributed by atoms with E-state index in [-0.39, 0.29) is 29.6 Å². The summed E-state index contributed by atoms with van der Waals surface area (Å²) in [5, 5.41) is 20.2. The predicted octanol–water partition coefficient (Wildman–Crippen LogP) is 1.39. The number of likely N-dealkylation sites (tertiary alicyclic amines) is 1. The highest BCUT2D eigenvalue weighted by atomic mass is 32.1. The van der Waals surface area contributed by atoms with E-state index in [1.807, 2.05) is 17.5 Å². The molecule has 0 aromatic carbocycles. The molecule has 2 fully saturated rings. The maximum absolute atomic E-state index is 13.1. The van der Waals surface area contributed by atoms with Crippen molar-refractivity contribution in [3.8, 4) is 17.1 Å². The van der Waals surface area contributed by atoms with Crippen molar-refractivity contribution >= 4 is 29.0 Å². The Morgan fingerprint density at radius 2 is 2.13 bits per heavy atom. The number of carbonyl (C=O) groups is 1. The Morgan fingerprint density at radius 1 is 1.32 bits per heavy atom. The highest BCUT2D eigenvalue weighted by Gasteiger charge is 2.22. The molecular formula is C26H30N8O3S. The standard InChI is InChI=1S/C26H30N8O3S/c1-2-17(13-33-7-3-4-8-33)29-25(36)21-10-16(14-38-21)19-11-22(28-18-5-6-18)34-23(30-19)15(12-27-34)9-20-24(35)32-26(37)31-20/h9-12,14,17-18,35H,2-8,13H2,1H3,(H,29,36)(H2,31,32,37)/b15-9-,28-22?. The summed E-state index contributed by atoms with van der Waals surface area (Å²) in [4.78, 5) is 42.2. The van der Waals surface area contributed by atoms with Gasteiger partial charge in [-0.2, -0.15) is 9.61 Å². The molecule has 38 heavy (non-hydrogen) atoms. The van der Waals surface area contributed by atoms with Crippen molar-refractivity contribution in [3.05, 3.63) is 55.5 Å². The number of fused-ring (bicyclic) bond motifs is 1. The number of amides is 1. The molecule has 198 valence electrons. The van der Waals surface area contributed by atoms with Crippen molar-refractivity contribution in [1.82, 2.24) is 34.8 Å². The largest absolute Gasteiger partial charge is 0.493 e. The van der Waals surface area contributed by atoms with E-state index < -0.39 is 5.69 Å². The summed E-state index contributed by atoms with van der Waals surface area (Å²) in [6.07, 6.45) is 8.66. The van der Waals surface area contributed by atoms with Crippen LogP contribution in [0.5, 0.6) is 5.88 Å². The zero-order valence-corrected chi connectivity index (χ0v) is 21.9. The minimum Gasteiger partial charge on any atom is -0.493 e. The monoisotopic (exact) mass is 534 g/mol. The van der Waals surface area contributed by atoms with E-state index in [2.05, 4.69) is 32.2 Å². The van der Waals surface area contributed by atoms with Gasteiger partial charge in [0, 0.05) is 34.8 Å². The van der Waals surface area contributed by atoms with Crippen LogP contribution in [0.2, 0.25) is 0 Å². The third-order valence-corrected chi connectivity index (χ3v) is 7.93. The number of hydrogen-bond donors (Lipinski definition) is 4. The highest BCUT2D eigenvalue weighted by molar-refractivity contribution is 7.12. The first-order valence-corrected chi connectivity index (χ1v) is 13.9. The first kappa shape index (κ1) is 24.6. The summed E-state index contributed by atoms with van der Waals surface area (Å²) in [6.45, 7) is 5.19. The Balaban J connectivity index is 1.33. The number of aromatic hydroxyl groups is 1. The van der Waals surface area contributed by atoms with Gasteiger partial charge in [-0.25, -0.2) is 9.78 Å². The summed E-state index contributed by atoms with van der Waals surface area (Å²) in [6, 6.07) is 4.15. The van der Waals surface area contributed by atoms with Gasteiger partial charge in [0.15, 0.2) is 11.1 Å². The Kier molecular flexibility index (Phi) is 6.58. The van der Waals surface area contributed by atoms with Gasteiger partial charge < -0.3 is 20.3 Å². The van der Waals surface area contributed by atoms with Gasteiger partial charge in [-0.1, -0.05) is 6.92 Å². The van der Waals surface area contributed by atoms with E-state index in [9.17, 15) is 14.7 Å². The second kappa shape index (κ2) is 10.2. The number of thiophene rings is 1. The van der Waals surface area contributed by atoms with Gasteiger partial charge in [0.2, 0.25) is 5.88 Å². The van der Waals surface area contributed by atoms with Crippen LogP contribution in [-0.4, -0.2) is 72.2 Å². The van der Waals surface area contributed by atoms with E-state index in [0.717, 1.165) is 44.5 Å². The number of H-pyrrole nitrogens is 2. The summed E-state index contributed by atoms with van der Waals surface area (Å²) in [5.41, 5.74) is 2.46. The average Bonchev–Trinajstić information content (AvgIpc) is 3.32. The van der Waals surface area contributed by atoms with Crippen LogP contribution in [0.15, 0.2) is 33.5 Å². The molecule has 5 heterocycles. The summed E-state index contributed by atoms with van der Waals surface area (Å²) in [7, 11) is 0. The fourth-order valence-electron chi connectivity index (χ4n) is 4.74. The molecule has 1 aliphatic heterocycles. The minimum absolute atomic E-state index is 0.0680. The maximum Gasteiger partial charge on any atom is 0.326 e. The van der Waals surface area contributed by atoms with Crippen molar-refractivity contribution in [2.45, 2.75) is 51.1 Å². The molecule has 1 unspecified atom stereocenters. The highest BCUT2D eigenvalue weighted by Crippen LogP contribution is 2.25. The van der Waals surface area contributed by atoms with E-state index >= 15 is 0 Å². The molecule has 0 spiro atoms. The van der Waals surface area contributed by atoms with Crippen LogP contribution in [0, 0.1) is 0 Å². The molecule has 6 rings (SSSR count). The number of nitrogens with zero attached hydrogens (tertiary/aromatic N) is 5. The number of carbonyl (C=O) groups excluding carboxylic acids is 1. The molecule has 4 N–H and O–H groups in total. The normalized spacial score (nSPS) is 18.0. The zero-order chi connectivity index (χ0) is 26.2. The molecule has 11 nitrogen and oxygen atoms in total. The first-order valence-electron chi connectivity index (χ1n) is 13.0. The molecule has 1 atom stereocenters. The molecule has 4 aromatic heterocycles. The van der Waals surface area contributed by atoms with Crippen molar-refractivity contribution in [2.75, 3.05) is 19.6 Å². The Hall–Kier alpha value is -3.77. The second-order valence-electron chi connectivity index (χ2n) is 9.97. The number of nitrogens with one attached hydrogen (secondary N) is 3. The van der Waals surface area contributed by atoms with Crippen LogP contribution in [0.1, 0.15) is 54.4 Å². The zero-order valence-electron chi connectivity index (χ0n) is 21.1. The molecular weight excluding hydrogens is 504 g/mol. The SMILES string of the molecule is CCC(CN1CCCC1)NC(=O)c1cc(-c2cc(=NC3CC3)n3nc/c(=C/c4[nH]c(=O)[nH]c4O)c3n2)cs1. The van der Waals surface area contributed by atoms with Crippen molar-refractivity contribution in [3.63, 3.8) is 0 Å². The van der Waals surface area contributed by atoms with E-state index in [1.54, 1.807) is 16.8 Å². The molecule has 12 heteroatoms. The molecule has 1 amide bonds. The fraction of sp³-hybridized carbons (Fsp3) is 0.423. The van der Waals surface area contributed by atoms with Crippen LogP contribution in [0.3, 0.4) is 0 Å². The quantitative estimate of drug-likeness (QED) is 0.269. The number of aromatic amines is 2. The molecule has 1 saturated carbocycles. The topological polar surface area (TPSA) is 144 Å². The van der Waals surface area contributed by atoms with Crippen LogP contribution < -0.4 is 21.7 Å². The predicted molar refractivity (Wildman–Crippen MR) is 144 cm³/mol. The van der Waals surface area contributed by atoms with Gasteiger partial charge in [0.1, 0.15) is 5.69 Å². The van der Waals surface area contributed by atoms with Crippen molar-refractivity contribution < 1.29 is 9.90 Å². The fourth-order valence-corrected chi connectivity index (χ4v) is 5.55. The van der Waals surface area contributed by atoms with Gasteiger partial charge in [-0.05, 0) is 57.3 Å². The van der Waals surface area contributed by atoms with Gasteiger partial charge in [-0.15, -0.1) is 11.3 Å². The van der Waals surface area contributed by atoms with Gasteiger partial charge in [0.05, 0.1) is 22.8 Å². The lowest BCUT2D eigenvalue weighted by Gasteiger charge is -2.23. The Bertz CT molecular complexity index is 1660. The van der Waals surface area contributed by atoms with Crippen LogP contribution >= 0.6 is 11.3 Å². The van der Waals surface area contributed by atoms with Crippen molar-refractivity contribution in [2.24, 2.45) is 4.99 Å². The third kappa shape index (κ3) is 5.14. The van der Waals surface area contributed by atoms with Crippen LogP contribution in [-0.2, 0) is 0 Å². The summed E-state index contributed by atoms with van der Waals surface area (Å²) < 4.78 is 1.67. The van der Waals surface area contributed by atoms with Crippen molar-refractivity contribution in [1.29, 1.82) is 0 Å². The Morgan fingerprint density at radius 3 is 2.84 bits per heavy atom. The van der Waals surface area contributed by atoms with E-state index in [0.29, 0.717) is 26.9 Å². The molecule has 2 aliphatic rings. The number of aromatic nitrogens is 5. The maximum atomic E-state index is 13.1. The van der Waals surface area contributed by atoms with Gasteiger partial charge in [-0.3, -0.25) is 14.8 Å². The molecule has 0 radical (unpaired) electrons. The van der Waals surface area contributed by atoms with Crippen LogP contribution in [0.4, 0.5) is 0 Å². The molecule has 1 aliphatic carbocycles. The van der Waals surface area contributed by atoms with E-state index in [1.165, 1.54) is 24.2 Å². The van der Waals surface area contributed by atoms with Crippen LogP contribution in [0.25, 0.3) is 23.0 Å². The Labute approximate surface area is 222 Å². The molecule has 4 aromatic rings. The number of rotatable bonds is 8.